The first kappa shape index (κ1) is 13.6. The summed E-state index contributed by atoms with van der Waals surface area (Å²) in [7, 11) is 0. The van der Waals surface area contributed by atoms with E-state index in [9.17, 15) is 0 Å². The molecule has 1 fully saturated rings. The molecule has 1 nitrogen and oxygen atoms in total. The van der Waals surface area contributed by atoms with E-state index in [2.05, 4.69) is 45.1 Å². The Bertz CT molecular complexity index is 377. The van der Waals surface area contributed by atoms with Gasteiger partial charge in [-0.1, -0.05) is 24.6 Å². The van der Waals surface area contributed by atoms with Crippen LogP contribution in [-0.4, -0.2) is 12.6 Å². The van der Waals surface area contributed by atoms with Gasteiger partial charge >= 0.3 is 0 Å². The first-order chi connectivity index (χ1) is 8.56. The Hall–Kier alpha value is -0.820. The van der Waals surface area contributed by atoms with Gasteiger partial charge < -0.3 is 5.32 Å². The summed E-state index contributed by atoms with van der Waals surface area (Å²) >= 11 is 0. The molecule has 0 spiro atoms. The minimum Gasteiger partial charge on any atom is -0.314 e. The second-order valence-corrected chi connectivity index (χ2v) is 6.20. The van der Waals surface area contributed by atoms with Gasteiger partial charge in [0.15, 0.2) is 0 Å². The van der Waals surface area contributed by atoms with Crippen molar-refractivity contribution in [2.24, 2.45) is 5.92 Å². The van der Waals surface area contributed by atoms with Gasteiger partial charge in [-0.3, -0.25) is 0 Å². The predicted octanol–water partition coefficient (Wildman–Crippen LogP) is 3.93. The molecular weight excluding hydrogens is 218 g/mol. The van der Waals surface area contributed by atoms with Gasteiger partial charge in [-0.2, -0.15) is 0 Å². The van der Waals surface area contributed by atoms with Crippen LogP contribution in [0, 0.1) is 26.7 Å². The Kier molecular flexibility index (Phi) is 4.45. The van der Waals surface area contributed by atoms with Gasteiger partial charge in [0, 0.05) is 6.04 Å². The average Bonchev–Trinajstić information content (AvgIpc) is 2.30. The van der Waals surface area contributed by atoms with E-state index >= 15 is 0 Å². The highest BCUT2D eigenvalue weighted by Crippen LogP contribution is 2.21. The number of hydrogen-bond donors (Lipinski definition) is 1. The van der Waals surface area contributed by atoms with Crippen LogP contribution in [0.2, 0.25) is 0 Å². The molecule has 100 valence electrons. The van der Waals surface area contributed by atoms with Crippen molar-refractivity contribution in [1.29, 1.82) is 0 Å². The number of rotatable bonds is 3. The summed E-state index contributed by atoms with van der Waals surface area (Å²) in [5.74, 6) is 0.865. The Balaban J connectivity index is 1.94. The van der Waals surface area contributed by atoms with Crippen molar-refractivity contribution in [3.63, 3.8) is 0 Å². The Labute approximate surface area is 112 Å². The fourth-order valence-electron chi connectivity index (χ4n) is 3.23. The molecule has 0 amide bonds. The second kappa shape index (κ2) is 5.88. The van der Waals surface area contributed by atoms with Crippen LogP contribution in [0.3, 0.4) is 0 Å². The quantitative estimate of drug-likeness (QED) is 0.850. The van der Waals surface area contributed by atoms with Crippen molar-refractivity contribution in [2.75, 3.05) is 6.54 Å². The molecule has 2 rings (SSSR count). The summed E-state index contributed by atoms with van der Waals surface area (Å²) in [4.78, 5) is 0. The van der Waals surface area contributed by atoms with Gasteiger partial charge in [0.05, 0.1) is 0 Å². The highest BCUT2D eigenvalue weighted by atomic mass is 14.9. The Morgan fingerprint density at radius 2 is 1.78 bits per heavy atom. The molecule has 1 saturated heterocycles. The third kappa shape index (κ3) is 3.35. The molecule has 1 aromatic rings. The Morgan fingerprint density at radius 3 is 2.33 bits per heavy atom. The van der Waals surface area contributed by atoms with E-state index in [-0.39, 0.29) is 0 Å². The SMILES string of the molecule is Cc1cc(C)c(CCC2CCC(C)CN2)c(C)c1. The first-order valence-corrected chi connectivity index (χ1v) is 7.36. The molecule has 0 bridgehead atoms. The molecule has 0 saturated carbocycles. The van der Waals surface area contributed by atoms with E-state index < -0.39 is 0 Å². The highest BCUT2D eigenvalue weighted by Gasteiger charge is 2.17. The van der Waals surface area contributed by atoms with Crippen molar-refractivity contribution in [3.8, 4) is 0 Å². The molecule has 18 heavy (non-hydrogen) atoms. The van der Waals surface area contributed by atoms with Crippen LogP contribution < -0.4 is 5.32 Å². The van der Waals surface area contributed by atoms with E-state index in [1.54, 1.807) is 5.56 Å². The van der Waals surface area contributed by atoms with Crippen molar-refractivity contribution in [2.45, 2.75) is 59.4 Å². The lowest BCUT2D eigenvalue weighted by atomic mass is 9.90. The standard InChI is InChI=1S/C17H27N/c1-12-5-6-16(18-11-12)7-8-17-14(3)9-13(2)10-15(17)4/h9-10,12,16,18H,5-8,11H2,1-4H3. The van der Waals surface area contributed by atoms with Crippen LogP contribution >= 0.6 is 0 Å². The van der Waals surface area contributed by atoms with Crippen molar-refractivity contribution >= 4 is 0 Å². The van der Waals surface area contributed by atoms with Gasteiger partial charge in [-0.25, -0.2) is 0 Å². The van der Waals surface area contributed by atoms with Gasteiger partial charge in [-0.05, 0) is 75.6 Å². The maximum Gasteiger partial charge on any atom is 0.00704 e. The van der Waals surface area contributed by atoms with Crippen molar-refractivity contribution < 1.29 is 0 Å². The van der Waals surface area contributed by atoms with Crippen LogP contribution in [0.4, 0.5) is 0 Å². The van der Waals surface area contributed by atoms with Crippen LogP contribution in [0.25, 0.3) is 0 Å². The van der Waals surface area contributed by atoms with Gasteiger partial charge in [0.25, 0.3) is 0 Å². The third-order valence-electron chi connectivity index (χ3n) is 4.35. The predicted molar refractivity (Wildman–Crippen MR) is 79.2 cm³/mol. The van der Waals surface area contributed by atoms with Crippen LogP contribution in [-0.2, 0) is 6.42 Å². The molecule has 2 unspecified atom stereocenters. The molecule has 2 atom stereocenters. The maximum absolute atomic E-state index is 3.69. The van der Waals surface area contributed by atoms with Crippen molar-refractivity contribution in [3.05, 3.63) is 34.4 Å². The summed E-state index contributed by atoms with van der Waals surface area (Å²) in [6.07, 6.45) is 5.26. The van der Waals surface area contributed by atoms with E-state index in [1.165, 1.54) is 48.9 Å². The summed E-state index contributed by atoms with van der Waals surface area (Å²) in [5.41, 5.74) is 5.90. The summed E-state index contributed by atoms with van der Waals surface area (Å²) in [5, 5.41) is 3.69. The number of benzene rings is 1. The molecule has 0 aliphatic carbocycles. The molecule has 1 heterocycles. The fraction of sp³-hybridized carbons (Fsp3) is 0.647. The molecule has 1 aliphatic heterocycles. The summed E-state index contributed by atoms with van der Waals surface area (Å²) < 4.78 is 0. The zero-order valence-electron chi connectivity index (χ0n) is 12.3. The van der Waals surface area contributed by atoms with E-state index in [4.69, 9.17) is 0 Å². The lowest BCUT2D eigenvalue weighted by molar-refractivity contribution is 0.316. The fourth-order valence-corrected chi connectivity index (χ4v) is 3.23. The van der Waals surface area contributed by atoms with Crippen LogP contribution in [0.5, 0.6) is 0 Å². The monoisotopic (exact) mass is 245 g/mol. The smallest absolute Gasteiger partial charge is 0.00704 e. The number of nitrogens with one attached hydrogen (secondary N) is 1. The van der Waals surface area contributed by atoms with E-state index in [0.29, 0.717) is 0 Å². The lowest BCUT2D eigenvalue weighted by Gasteiger charge is -2.28. The second-order valence-electron chi connectivity index (χ2n) is 6.20. The van der Waals surface area contributed by atoms with Crippen LogP contribution in [0.15, 0.2) is 12.1 Å². The highest BCUT2D eigenvalue weighted by molar-refractivity contribution is 5.37. The number of piperidine rings is 1. The molecule has 0 aromatic heterocycles. The van der Waals surface area contributed by atoms with Gasteiger partial charge in [0.2, 0.25) is 0 Å². The molecule has 0 radical (unpaired) electrons. The first-order valence-electron chi connectivity index (χ1n) is 7.36. The normalized spacial score (nSPS) is 24.2. The number of hydrogen-bond acceptors (Lipinski definition) is 1. The summed E-state index contributed by atoms with van der Waals surface area (Å²) in [6, 6.07) is 5.37. The van der Waals surface area contributed by atoms with Gasteiger partial charge in [-0.15, -0.1) is 0 Å². The minimum absolute atomic E-state index is 0.737. The zero-order chi connectivity index (χ0) is 13.1. The van der Waals surface area contributed by atoms with E-state index in [1.807, 2.05) is 0 Å². The lowest BCUT2D eigenvalue weighted by Crippen LogP contribution is -2.38. The maximum atomic E-state index is 3.69. The van der Waals surface area contributed by atoms with Crippen LogP contribution in [0.1, 0.15) is 48.4 Å². The number of aryl methyl sites for hydroxylation is 3. The zero-order valence-corrected chi connectivity index (χ0v) is 12.3. The topological polar surface area (TPSA) is 12.0 Å². The third-order valence-corrected chi connectivity index (χ3v) is 4.35. The Morgan fingerprint density at radius 1 is 1.11 bits per heavy atom. The molecular formula is C17H27N. The average molecular weight is 245 g/mol. The molecule has 1 aromatic carbocycles. The summed E-state index contributed by atoms with van der Waals surface area (Å²) in [6.45, 7) is 10.2. The van der Waals surface area contributed by atoms with Crippen molar-refractivity contribution in [1.82, 2.24) is 5.32 Å². The van der Waals surface area contributed by atoms with Gasteiger partial charge in [0.1, 0.15) is 0 Å². The minimum atomic E-state index is 0.737. The largest absolute Gasteiger partial charge is 0.314 e. The van der Waals surface area contributed by atoms with E-state index in [0.717, 1.165) is 12.0 Å². The molecule has 1 N–H and O–H groups in total. The molecule has 1 aliphatic rings. The molecule has 1 heteroatoms.